The van der Waals surface area contributed by atoms with Crippen LogP contribution >= 0.6 is 15.2 Å². The number of rotatable bonds is 5. The summed E-state index contributed by atoms with van der Waals surface area (Å²) >= 11 is 0. The van der Waals surface area contributed by atoms with Crippen molar-refractivity contribution >= 4 is 21.2 Å². The maximum Gasteiger partial charge on any atom is 0.340 e. The van der Waals surface area contributed by atoms with Gasteiger partial charge in [-0.2, -0.15) is 0 Å². The molecule has 0 saturated heterocycles. The summed E-state index contributed by atoms with van der Waals surface area (Å²) in [7, 11) is -9.95. The van der Waals surface area contributed by atoms with Crippen molar-refractivity contribution in [3.63, 3.8) is 0 Å². The second-order valence-electron chi connectivity index (χ2n) is 2.94. The van der Waals surface area contributed by atoms with Crippen LogP contribution in [-0.2, 0) is 13.9 Å². The predicted molar refractivity (Wildman–Crippen MR) is 49.6 cm³/mol. The van der Waals surface area contributed by atoms with E-state index >= 15 is 0 Å². The van der Waals surface area contributed by atoms with Gasteiger partial charge in [0.05, 0.1) is 5.66 Å². The Hall–Kier alpha value is -0.230. The number of carboxylic acids is 1. The first kappa shape index (κ1) is 14.8. The Morgan fingerprint density at radius 3 is 1.60 bits per heavy atom. The summed E-state index contributed by atoms with van der Waals surface area (Å²) < 4.78 is 21.6. The van der Waals surface area contributed by atoms with E-state index in [1.807, 2.05) is 0 Å². The third kappa shape index (κ3) is 4.03. The Kier molecular flexibility index (Phi) is 4.67. The first-order valence-corrected chi connectivity index (χ1v) is 7.21. The molecule has 0 saturated carbocycles. The summed E-state index contributed by atoms with van der Waals surface area (Å²) in [6.07, 6.45) is -0.341. The Balaban J connectivity index is 5.35. The summed E-state index contributed by atoms with van der Waals surface area (Å²) in [4.78, 5) is 45.5. The Morgan fingerprint density at radius 2 is 1.53 bits per heavy atom. The van der Waals surface area contributed by atoms with Crippen molar-refractivity contribution in [1.29, 1.82) is 0 Å². The molecule has 0 radical (unpaired) electrons. The fraction of sp³-hybridized carbons (Fsp3) is 0.800. The third-order valence-electron chi connectivity index (χ3n) is 1.83. The largest absolute Gasteiger partial charge is 0.481 e. The van der Waals surface area contributed by atoms with Crippen molar-refractivity contribution in [1.82, 2.24) is 0 Å². The lowest BCUT2D eigenvalue weighted by Crippen LogP contribution is -2.33. The van der Waals surface area contributed by atoms with Gasteiger partial charge in [-0.3, -0.25) is 13.9 Å². The summed E-state index contributed by atoms with van der Waals surface area (Å²) in [6.45, 7) is 1.25. The molecular weight excluding hydrogens is 250 g/mol. The molecule has 0 heterocycles. The van der Waals surface area contributed by atoms with Crippen LogP contribution in [0.1, 0.15) is 13.3 Å². The van der Waals surface area contributed by atoms with Crippen molar-refractivity contribution in [2.75, 3.05) is 0 Å². The molecule has 0 aromatic heterocycles. The molecule has 0 amide bonds. The topological polar surface area (TPSA) is 152 Å². The van der Waals surface area contributed by atoms with Crippen LogP contribution in [0.4, 0.5) is 0 Å². The van der Waals surface area contributed by atoms with Gasteiger partial charge in [0.1, 0.15) is 0 Å². The quantitative estimate of drug-likeness (QED) is 0.418. The van der Waals surface area contributed by atoms with Gasteiger partial charge in [-0.1, -0.05) is 6.92 Å². The highest BCUT2D eigenvalue weighted by Gasteiger charge is 2.49. The molecule has 5 N–H and O–H groups in total. The Labute approximate surface area is 85.3 Å². The maximum absolute atomic E-state index is 10.8. The molecule has 15 heavy (non-hydrogen) atoms. The highest BCUT2D eigenvalue weighted by atomic mass is 31.2. The first-order valence-electron chi connectivity index (χ1n) is 3.85. The van der Waals surface area contributed by atoms with E-state index in [1.54, 1.807) is 0 Å². The van der Waals surface area contributed by atoms with Gasteiger partial charge in [-0.15, -0.1) is 0 Å². The SMILES string of the molecule is CCC(C(C(=O)O)P(=O)(O)O)P(=O)(O)O. The van der Waals surface area contributed by atoms with Crippen LogP contribution in [0.3, 0.4) is 0 Å². The van der Waals surface area contributed by atoms with E-state index in [-0.39, 0.29) is 6.42 Å². The summed E-state index contributed by atoms with van der Waals surface area (Å²) in [6, 6.07) is 0. The van der Waals surface area contributed by atoms with Gasteiger partial charge in [-0.05, 0) is 6.42 Å². The molecule has 8 nitrogen and oxygen atoms in total. The van der Waals surface area contributed by atoms with Crippen LogP contribution in [0.2, 0.25) is 0 Å². The number of carboxylic acid groups (broad SMARTS) is 1. The van der Waals surface area contributed by atoms with Gasteiger partial charge in [0.15, 0.2) is 5.66 Å². The second kappa shape index (κ2) is 4.74. The highest BCUT2D eigenvalue weighted by molar-refractivity contribution is 7.58. The number of hydrogen-bond donors (Lipinski definition) is 5. The van der Waals surface area contributed by atoms with Crippen molar-refractivity contribution in [3.05, 3.63) is 0 Å². The Bertz CT molecular complexity index is 326. The van der Waals surface area contributed by atoms with Crippen molar-refractivity contribution in [2.24, 2.45) is 0 Å². The van der Waals surface area contributed by atoms with Gasteiger partial charge in [0.2, 0.25) is 0 Å². The van der Waals surface area contributed by atoms with Crippen LogP contribution in [0.25, 0.3) is 0 Å². The second-order valence-corrected chi connectivity index (χ2v) is 6.51. The zero-order valence-electron chi connectivity index (χ0n) is 7.72. The predicted octanol–water partition coefficient (Wildman–Crippen LogP) is -0.426. The lowest BCUT2D eigenvalue weighted by molar-refractivity contribution is -0.137. The zero-order chi connectivity index (χ0) is 12.4. The molecule has 0 bridgehead atoms. The zero-order valence-corrected chi connectivity index (χ0v) is 9.51. The minimum atomic E-state index is -5.09. The van der Waals surface area contributed by atoms with E-state index < -0.39 is 32.5 Å². The van der Waals surface area contributed by atoms with E-state index in [2.05, 4.69) is 0 Å². The van der Waals surface area contributed by atoms with Crippen LogP contribution in [0.15, 0.2) is 0 Å². The average molecular weight is 262 g/mol. The normalized spacial score (nSPS) is 17.1. The van der Waals surface area contributed by atoms with Gasteiger partial charge < -0.3 is 24.7 Å². The van der Waals surface area contributed by atoms with E-state index in [1.165, 1.54) is 6.92 Å². The van der Waals surface area contributed by atoms with Crippen LogP contribution in [0.5, 0.6) is 0 Å². The lowest BCUT2D eigenvalue weighted by Gasteiger charge is -2.23. The average Bonchev–Trinajstić information content (AvgIpc) is 1.93. The first-order chi connectivity index (χ1) is 6.51. The van der Waals surface area contributed by atoms with Gasteiger partial charge in [-0.25, -0.2) is 0 Å². The summed E-state index contributed by atoms with van der Waals surface area (Å²) in [5, 5.41) is 8.54. The molecule has 0 spiro atoms. The summed E-state index contributed by atoms with van der Waals surface area (Å²) in [5.41, 5.74) is -4.25. The summed E-state index contributed by atoms with van der Waals surface area (Å²) in [5.74, 6) is -1.92. The number of aliphatic carboxylic acids is 1. The molecular formula is C5H12O8P2. The van der Waals surface area contributed by atoms with Gasteiger partial charge >= 0.3 is 21.2 Å². The van der Waals surface area contributed by atoms with E-state index in [4.69, 9.17) is 24.7 Å². The van der Waals surface area contributed by atoms with Crippen LogP contribution in [-0.4, -0.2) is 42.0 Å². The monoisotopic (exact) mass is 262 g/mol. The lowest BCUT2D eigenvalue weighted by atomic mass is 10.2. The van der Waals surface area contributed by atoms with E-state index in [0.717, 1.165) is 0 Å². The fourth-order valence-corrected chi connectivity index (χ4v) is 4.14. The van der Waals surface area contributed by atoms with Crippen molar-refractivity contribution in [2.45, 2.75) is 24.7 Å². The van der Waals surface area contributed by atoms with Crippen LogP contribution in [0, 0.1) is 0 Å². The van der Waals surface area contributed by atoms with Gasteiger partial charge in [0.25, 0.3) is 0 Å². The molecule has 0 aromatic rings. The standard InChI is InChI=1S/C5H12O8P2/c1-2-3(14(8,9)10)4(5(6)7)15(11,12)13/h3-4H,2H2,1H3,(H,6,7)(H2,8,9,10)(H2,11,12,13). The maximum atomic E-state index is 10.8. The number of hydrogen-bond acceptors (Lipinski definition) is 3. The highest BCUT2D eigenvalue weighted by Crippen LogP contribution is 2.55. The molecule has 2 unspecified atom stereocenters. The van der Waals surface area contributed by atoms with E-state index in [9.17, 15) is 13.9 Å². The van der Waals surface area contributed by atoms with E-state index in [0.29, 0.717) is 0 Å². The van der Waals surface area contributed by atoms with Crippen molar-refractivity contribution < 1.29 is 38.6 Å². The van der Waals surface area contributed by atoms with Crippen molar-refractivity contribution in [3.8, 4) is 0 Å². The minimum Gasteiger partial charge on any atom is -0.481 e. The molecule has 0 rings (SSSR count). The fourth-order valence-electron chi connectivity index (χ4n) is 1.18. The molecule has 0 fully saturated rings. The smallest absolute Gasteiger partial charge is 0.340 e. The molecule has 0 aromatic carbocycles. The molecule has 0 aliphatic carbocycles. The third-order valence-corrected chi connectivity index (χ3v) is 4.90. The minimum absolute atomic E-state index is 0.341. The molecule has 0 aliphatic rings. The molecule has 90 valence electrons. The Morgan fingerprint density at radius 1 is 1.13 bits per heavy atom. The molecule has 10 heteroatoms. The van der Waals surface area contributed by atoms with Gasteiger partial charge in [0, 0.05) is 0 Å². The number of carbonyl (C=O) groups is 1. The van der Waals surface area contributed by atoms with Crippen LogP contribution < -0.4 is 0 Å². The molecule has 0 aliphatic heterocycles. The molecule has 2 atom stereocenters.